The Balaban J connectivity index is 1.84. The molecule has 0 aliphatic carbocycles. The molecule has 0 saturated heterocycles. The maximum absolute atomic E-state index is 6.26. The van der Waals surface area contributed by atoms with Crippen LogP contribution in [-0.4, -0.2) is 0 Å². The third-order valence-corrected chi connectivity index (χ3v) is 7.18. The van der Waals surface area contributed by atoms with Crippen LogP contribution >= 0.6 is 64.7 Å². The normalized spacial score (nSPS) is 14.5. The van der Waals surface area contributed by atoms with Crippen molar-refractivity contribution in [2.45, 2.75) is 6.42 Å². The molecule has 0 fully saturated rings. The molecule has 29 heavy (non-hydrogen) atoms. The summed E-state index contributed by atoms with van der Waals surface area (Å²) in [5.74, 6) is 1.11. The Kier molecular flexibility index (Phi) is 6.17. The Morgan fingerprint density at radius 3 is 1.69 bits per heavy atom. The van der Waals surface area contributed by atoms with Crippen molar-refractivity contribution < 1.29 is 13.6 Å². The smallest absolute Gasteiger partial charge is 0.407 e. The minimum Gasteiger partial charge on any atom is -0.407 e. The zero-order chi connectivity index (χ0) is 20.8. The maximum atomic E-state index is 6.26. The molecule has 10 heteroatoms. The SMILES string of the molecule is S=P1(Oc2c(Cl)cc(Cl)cc2Cl)Oc2ccc(Cl)cc2Cc2cc(Cl)ccc2O1. The molecule has 0 unspecified atom stereocenters. The molecular weight excluding hydrogens is 517 g/mol. The van der Waals surface area contributed by atoms with E-state index in [1.165, 1.54) is 12.1 Å². The van der Waals surface area contributed by atoms with Crippen molar-refractivity contribution in [2.24, 2.45) is 0 Å². The Morgan fingerprint density at radius 2 is 1.21 bits per heavy atom. The predicted octanol–water partition coefficient (Wildman–Crippen LogP) is 8.62. The molecule has 3 aromatic carbocycles. The Hall–Kier alpha value is -0.840. The Labute approximate surface area is 197 Å². The van der Waals surface area contributed by atoms with Crippen LogP contribution in [0.2, 0.25) is 25.1 Å². The second-order valence-corrected chi connectivity index (χ2v) is 11.0. The highest BCUT2D eigenvalue weighted by Gasteiger charge is 2.33. The van der Waals surface area contributed by atoms with E-state index in [1.54, 1.807) is 36.4 Å². The lowest BCUT2D eigenvalue weighted by atomic mass is 10.0. The lowest BCUT2D eigenvalue weighted by Crippen LogP contribution is -2.12. The molecule has 3 aromatic rings. The number of halogens is 5. The van der Waals surface area contributed by atoms with Gasteiger partial charge in [0.15, 0.2) is 5.75 Å². The first kappa shape index (κ1) is 21.4. The summed E-state index contributed by atoms with van der Waals surface area (Å²) in [5, 5.41) is 1.87. The zero-order valence-corrected chi connectivity index (χ0v) is 19.8. The average molecular weight is 527 g/mol. The first-order valence-corrected chi connectivity index (χ1v) is 12.6. The van der Waals surface area contributed by atoms with Crippen LogP contribution in [0.25, 0.3) is 0 Å². The van der Waals surface area contributed by atoms with Gasteiger partial charge in [0, 0.05) is 44.4 Å². The van der Waals surface area contributed by atoms with E-state index in [1.807, 2.05) is 0 Å². The molecule has 0 radical (unpaired) electrons. The van der Waals surface area contributed by atoms with Crippen molar-refractivity contribution in [3.05, 3.63) is 84.8 Å². The molecule has 150 valence electrons. The van der Waals surface area contributed by atoms with E-state index >= 15 is 0 Å². The topological polar surface area (TPSA) is 27.7 Å². The standard InChI is InChI=1S/C19H10Cl5O3PS/c20-12-1-3-17-10(6-12)5-11-7-13(21)2-4-18(11)26-28(29,25-17)27-19-15(23)8-14(22)9-16(19)24/h1-4,6-9H,5H2. The van der Waals surface area contributed by atoms with Crippen LogP contribution in [0.1, 0.15) is 11.1 Å². The van der Waals surface area contributed by atoms with Crippen molar-refractivity contribution in [1.29, 1.82) is 0 Å². The van der Waals surface area contributed by atoms with Crippen LogP contribution < -0.4 is 13.6 Å². The molecular formula is C19H10Cl5O3PS. The summed E-state index contributed by atoms with van der Waals surface area (Å²) in [6.07, 6.45) is 0.490. The van der Waals surface area contributed by atoms with Gasteiger partial charge in [-0.25, -0.2) is 0 Å². The second kappa shape index (κ2) is 8.36. The van der Waals surface area contributed by atoms with Gasteiger partial charge in [0.1, 0.15) is 11.5 Å². The van der Waals surface area contributed by atoms with E-state index in [-0.39, 0.29) is 15.8 Å². The predicted molar refractivity (Wildman–Crippen MR) is 123 cm³/mol. The number of benzene rings is 3. The minimum atomic E-state index is -3.44. The van der Waals surface area contributed by atoms with Gasteiger partial charge in [0.25, 0.3) is 0 Å². The van der Waals surface area contributed by atoms with Gasteiger partial charge < -0.3 is 13.6 Å². The molecule has 0 N–H and O–H groups in total. The van der Waals surface area contributed by atoms with Gasteiger partial charge in [-0.05, 0) is 48.5 Å². The molecule has 1 heterocycles. The summed E-state index contributed by atoms with van der Waals surface area (Å²) in [4.78, 5) is 0. The van der Waals surface area contributed by atoms with E-state index in [2.05, 4.69) is 0 Å². The largest absolute Gasteiger partial charge is 0.490 e. The molecule has 4 rings (SSSR count). The fraction of sp³-hybridized carbons (Fsp3) is 0.0526. The molecule has 0 amide bonds. The summed E-state index contributed by atoms with van der Waals surface area (Å²) in [5.41, 5.74) is 1.63. The van der Waals surface area contributed by atoms with Crippen LogP contribution in [0.5, 0.6) is 17.2 Å². The monoisotopic (exact) mass is 524 g/mol. The van der Waals surface area contributed by atoms with Crippen molar-refractivity contribution in [3.63, 3.8) is 0 Å². The Bertz CT molecular complexity index is 1090. The number of fused-ring (bicyclic) bond motifs is 2. The van der Waals surface area contributed by atoms with Crippen molar-refractivity contribution in [3.8, 4) is 17.2 Å². The van der Waals surface area contributed by atoms with Gasteiger partial charge in [-0.15, -0.1) is 0 Å². The van der Waals surface area contributed by atoms with E-state index < -0.39 is 6.72 Å². The van der Waals surface area contributed by atoms with Crippen molar-refractivity contribution in [1.82, 2.24) is 0 Å². The molecule has 1 aliphatic rings. The number of hydrogen-bond donors (Lipinski definition) is 0. The zero-order valence-electron chi connectivity index (χ0n) is 14.3. The number of hydrogen-bond acceptors (Lipinski definition) is 4. The first-order chi connectivity index (χ1) is 13.7. The summed E-state index contributed by atoms with van der Waals surface area (Å²) in [7, 11) is 0. The molecule has 0 aromatic heterocycles. The highest BCUT2D eigenvalue weighted by atomic mass is 35.5. The molecule has 0 saturated carbocycles. The first-order valence-electron chi connectivity index (χ1n) is 8.13. The fourth-order valence-electron chi connectivity index (χ4n) is 2.78. The minimum absolute atomic E-state index is 0.132. The van der Waals surface area contributed by atoms with Crippen LogP contribution in [0.4, 0.5) is 0 Å². The molecule has 1 aliphatic heterocycles. The van der Waals surface area contributed by atoms with Crippen molar-refractivity contribution >= 4 is 76.5 Å². The second-order valence-electron chi connectivity index (χ2n) is 6.10. The molecule has 0 spiro atoms. The molecule has 0 bridgehead atoms. The van der Waals surface area contributed by atoms with E-state index in [0.29, 0.717) is 33.0 Å². The lowest BCUT2D eigenvalue weighted by Gasteiger charge is -2.28. The van der Waals surface area contributed by atoms with Gasteiger partial charge in [-0.1, -0.05) is 58.0 Å². The molecule has 0 atom stereocenters. The van der Waals surface area contributed by atoms with Gasteiger partial charge in [-0.3, -0.25) is 0 Å². The third-order valence-electron chi connectivity index (χ3n) is 4.01. The quantitative estimate of drug-likeness (QED) is 0.313. The fourth-order valence-corrected chi connectivity index (χ4v) is 6.25. The lowest BCUT2D eigenvalue weighted by molar-refractivity contribution is 0.377. The van der Waals surface area contributed by atoms with E-state index in [4.69, 9.17) is 83.4 Å². The van der Waals surface area contributed by atoms with Gasteiger partial charge >= 0.3 is 6.72 Å². The highest BCUT2D eigenvalue weighted by Crippen LogP contribution is 2.55. The van der Waals surface area contributed by atoms with Crippen LogP contribution in [0, 0.1) is 0 Å². The van der Waals surface area contributed by atoms with Crippen molar-refractivity contribution in [2.75, 3.05) is 0 Å². The van der Waals surface area contributed by atoms with Gasteiger partial charge in [0.05, 0.1) is 10.0 Å². The summed E-state index contributed by atoms with van der Waals surface area (Å²) >= 11 is 36.5. The van der Waals surface area contributed by atoms with Crippen LogP contribution in [-0.2, 0) is 18.2 Å². The highest BCUT2D eigenvalue weighted by molar-refractivity contribution is 8.08. The van der Waals surface area contributed by atoms with E-state index in [0.717, 1.165) is 11.1 Å². The Morgan fingerprint density at radius 1 is 0.724 bits per heavy atom. The average Bonchev–Trinajstić information content (AvgIpc) is 2.62. The van der Waals surface area contributed by atoms with Crippen LogP contribution in [0.3, 0.4) is 0 Å². The number of rotatable bonds is 2. The third kappa shape index (κ3) is 4.75. The molecule has 3 nitrogen and oxygen atoms in total. The van der Waals surface area contributed by atoms with Crippen LogP contribution in [0.15, 0.2) is 48.5 Å². The van der Waals surface area contributed by atoms with E-state index in [9.17, 15) is 0 Å². The van der Waals surface area contributed by atoms with Gasteiger partial charge in [0.2, 0.25) is 0 Å². The summed E-state index contributed by atoms with van der Waals surface area (Å²) in [6.45, 7) is -3.44. The summed E-state index contributed by atoms with van der Waals surface area (Å²) < 4.78 is 18.1. The summed E-state index contributed by atoms with van der Waals surface area (Å²) in [6, 6.07) is 13.4. The van der Waals surface area contributed by atoms with Gasteiger partial charge in [-0.2, -0.15) is 0 Å². The maximum Gasteiger partial charge on any atom is 0.490 e.